The lowest BCUT2D eigenvalue weighted by molar-refractivity contribution is 0.354. The second kappa shape index (κ2) is 7.10. The second-order valence-corrected chi connectivity index (χ2v) is 4.27. The molecule has 2 rings (SSSR count). The molecule has 1 aromatic heterocycles. The molecule has 1 N–H and O–H groups in total. The quantitative estimate of drug-likeness (QED) is 0.874. The Kier molecular flexibility index (Phi) is 4.94. The predicted molar refractivity (Wildman–Crippen MR) is 78.5 cm³/mol. The molecule has 0 aliphatic heterocycles. The number of nitrogens with one attached hydrogen (secondary N) is 1. The molecule has 0 amide bonds. The number of benzene rings is 1. The van der Waals surface area contributed by atoms with Crippen LogP contribution < -0.4 is 14.8 Å². The summed E-state index contributed by atoms with van der Waals surface area (Å²) in [6.45, 7) is 0.642. The van der Waals surface area contributed by atoms with E-state index in [1.807, 2.05) is 18.2 Å². The van der Waals surface area contributed by atoms with Gasteiger partial charge in [-0.1, -0.05) is 6.07 Å². The zero-order valence-corrected chi connectivity index (χ0v) is 12.0. The molecule has 6 nitrogen and oxygen atoms in total. The Morgan fingerprint density at radius 2 is 2.00 bits per heavy atom. The molecule has 2 aromatic rings. The molecular weight excluding hydrogens is 268 g/mol. The molecule has 108 valence electrons. The molecule has 0 atom stereocenters. The van der Waals surface area contributed by atoms with E-state index in [1.165, 1.54) is 6.20 Å². The number of hydrogen-bond donors (Lipinski definition) is 1. The van der Waals surface area contributed by atoms with Gasteiger partial charge in [-0.15, -0.1) is 5.10 Å². The highest BCUT2D eigenvalue weighted by Crippen LogP contribution is 2.27. The van der Waals surface area contributed by atoms with Crippen molar-refractivity contribution in [3.63, 3.8) is 0 Å². The highest BCUT2D eigenvalue weighted by molar-refractivity contribution is 5.50. The molecule has 0 fully saturated rings. The summed E-state index contributed by atoms with van der Waals surface area (Å²) < 4.78 is 10.5. The Morgan fingerprint density at radius 3 is 2.71 bits per heavy atom. The van der Waals surface area contributed by atoms with Crippen molar-refractivity contribution in [1.29, 1.82) is 5.26 Å². The van der Waals surface area contributed by atoms with Crippen LogP contribution in [0.1, 0.15) is 11.1 Å². The summed E-state index contributed by atoms with van der Waals surface area (Å²) >= 11 is 0. The Labute approximate surface area is 123 Å². The first-order chi connectivity index (χ1) is 10.3. The number of methoxy groups -OCH3 is 2. The summed E-state index contributed by atoms with van der Waals surface area (Å²) in [4.78, 5) is 0. The normalized spacial score (nSPS) is 9.76. The third kappa shape index (κ3) is 3.60. The monoisotopic (exact) mass is 284 g/mol. The third-order valence-electron chi connectivity index (χ3n) is 3.00. The van der Waals surface area contributed by atoms with E-state index in [0.717, 1.165) is 12.0 Å². The average Bonchev–Trinajstić information content (AvgIpc) is 2.55. The van der Waals surface area contributed by atoms with Crippen LogP contribution in [0.25, 0.3) is 0 Å². The fourth-order valence-corrected chi connectivity index (χ4v) is 1.91. The van der Waals surface area contributed by atoms with Crippen LogP contribution in [0, 0.1) is 11.3 Å². The molecule has 0 saturated heterocycles. The van der Waals surface area contributed by atoms with Gasteiger partial charge in [0.25, 0.3) is 0 Å². The minimum Gasteiger partial charge on any atom is -0.493 e. The van der Waals surface area contributed by atoms with E-state index in [0.29, 0.717) is 29.4 Å². The number of rotatable bonds is 6. The first-order valence-electron chi connectivity index (χ1n) is 6.45. The number of nitriles is 1. The number of hydrogen-bond acceptors (Lipinski definition) is 6. The number of nitrogens with zero attached hydrogens (tertiary/aromatic N) is 3. The van der Waals surface area contributed by atoms with Crippen LogP contribution in [0.3, 0.4) is 0 Å². The molecule has 1 aromatic carbocycles. The summed E-state index contributed by atoms with van der Waals surface area (Å²) in [5.41, 5.74) is 1.58. The Balaban J connectivity index is 1.99. The molecule has 0 radical (unpaired) electrons. The lowest BCUT2D eigenvalue weighted by atomic mass is 10.1. The molecule has 21 heavy (non-hydrogen) atoms. The molecule has 0 bridgehead atoms. The van der Waals surface area contributed by atoms with Crippen molar-refractivity contribution in [2.75, 3.05) is 26.1 Å². The lowest BCUT2D eigenvalue weighted by Crippen LogP contribution is -2.08. The third-order valence-corrected chi connectivity index (χ3v) is 3.00. The maximum Gasteiger partial charge on any atom is 0.166 e. The van der Waals surface area contributed by atoms with Crippen molar-refractivity contribution < 1.29 is 9.47 Å². The minimum atomic E-state index is 0.484. The summed E-state index contributed by atoms with van der Waals surface area (Å²) in [6, 6.07) is 9.49. The molecule has 0 aliphatic carbocycles. The molecule has 1 heterocycles. The topological polar surface area (TPSA) is 80.1 Å². The van der Waals surface area contributed by atoms with E-state index >= 15 is 0 Å². The number of ether oxygens (including phenoxy) is 2. The van der Waals surface area contributed by atoms with Crippen molar-refractivity contribution in [1.82, 2.24) is 10.2 Å². The summed E-state index contributed by atoms with van der Waals surface area (Å²) in [5.74, 6) is 1.91. The van der Waals surface area contributed by atoms with Gasteiger partial charge in [-0.25, -0.2) is 0 Å². The minimum absolute atomic E-state index is 0.484. The van der Waals surface area contributed by atoms with Gasteiger partial charge in [0.05, 0.1) is 26.0 Å². The Bertz CT molecular complexity index is 652. The van der Waals surface area contributed by atoms with Crippen LogP contribution in [0.15, 0.2) is 30.5 Å². The smallest absolute Gasteiger partial charge is 0.166 e. The summed E-state index contributed by atoms with van der Waals surface area (Å²) in [5, 5.41) is 19.8. The fraction of sp³-hybridized carbons (Fsp3) is 0.267. The van der Waals surface area contributed by atoms with Crippen LogP contribution in [-0.2, 0) is 6.42 Å². The van der Waals surface area contributed by atoms with Gasteiger partial charge in [0.15, 0.2) is 17.3 Å². The maximum absolute atomic E-state index is 8.97. The predicted octanol–water partition coefficient (Wildman–Crippen LogP) is 2.02. The molecular formula is C15H16N4O2. The molecule has 0 spiro atoms. The van der Waals surface area contributed by atoms with E-state index in [2.05, 4.69) is 21.6 Å². The van der Waals surface area contributed by atoms with Crippen molar-refractivity contribution in [2.45, 2.75) is 6.42 Å². The summed E-state index contributed by atoms with van der Waals surface area (Å²) in [6.07, 6.45) is 2.26. The van der Waals surface area contributed by atoms with Crippen LogP contribution >= 0.6 is 0 Å². The van der Waals surface area contributed by atoms with E-state index in [9.17, 15) is 0 Å². The lowest BCUT2D eigenvalue weighted by Gasteiger charge is -2.10. The largest absolute Gasteiger partial charge is 0.493 e. The Hall–Kier alpha value is -2.81. The highest BCUT2D eigenvalue weighted by Gasteiger charge is 2.06. The molecule has 6 heteroatoms. The first kappa shape index (κ1) is 14.6. The number of aromatic nitrogens is 2. The van der Waals surface area contributed by atoms with Gasteiger partial charge >= 0.3 is 0 Å². The van der Waals surface area contributed by atoms with Gasteiger partial charge in [-0.05, 0) is 30.2 Å². The van der Waals surface area contributed by atoms with Crippen molar-refractivity contribution in [3.05, 3.63) is 41.6 Å². The number of anilines is 1. The van der Waals surface area contributed by atoms with E-state index in [-0.39, 0.29) is 0 Å². The van der Waals surface area contributed by atoms with Gasteiger partial charge in [0.2, 0.25) is 0 Å². The first-order valence-corrected chi connectivity index (χ1v) is 6.45. The zero-order chi connectivity index (χ0) is 15.1. The van der Waals surface area contributed by atoms with Gasteiger partial charge in [-0.2, -0.15) is 10.4 Å². The van der Waals surface area contributed by atoms with Gasteiger partial charge in [0.1, 0.15) is 6.07 Å². The fourth-order valence-electron chi connectivity index (χ4n) is 1.91. The molecule has 0 saturated carbocycles. The average molecular weight is 284 g/mol. The zero-order valence-electron chi connectivity index (χ0n) is 12.0. The van der Waals surface area contributed by atoms with Gasteiger partial charge in [0, 0.05) is 6.54 Å². The van der Waals surface area contributed by atoms with E-state index < -0.39 is 0 Å². The molecule has 0 aliphatic rings. The second-order valence-electron chi connectivity index (χ2n) is 4.27. The SMILES string of the molecule is COc1ccc(CCNc2nnccc2C#N)cc1OC. The van der Waals surface area contributed by atoms with Crippen LogP contribution in [0.5, 0.6) is 11.5 Å². The maximum atomic E-state index is 8.97. The van der Waals surface area contributed by atoms with Gasteiger partial charge in [-0.3, -0.25) is 0 Å². The van der Waals surface area contributed by atoms with Crippen molar-refractivity contribution >= 4 is 5.82 Å². The summed E-state index contributed by atoms with van der Waals surface area (Å²) in [7, 11) is 3.22. The van der Waals surface area contributed by atoms with Crippen LogP contribution in [0.4, 0.5) is 5.82 Å². The van der Waals surface area contributed by atoms with E-state index in [1.54, 1.807) is 20.3 Å². The van der Waals surface area contributed by atoms with Crippen LogP contribution in [-0.4, -0.2) is 31.0 Å². The van der Waals surface area contributed by atoms with Crippen LogP contribution in [0.2, 0.25) is 0 Å². The van der Waals surface area contributed by atoms with Crippen molar-refractivity contribution in [2.24, 2.45) is 0 Å². The van der Waals surface area contributed by atoms with Gasteiger partial charge < -0.3 is 14.8 Å². The van der Waals surface area contributed by atoms with Crippen molar-refractivity contribution in [3.8, 4) is 17.6 Å². The van der Waals surface area contributed by atoms with E-state index in [4.69, 9.17) is 14.7 Å². The Morgan fingerprint density at radius 1 is 1.19 bits per heavy atom. The standard InChI is InChI=1S/C15H16N4O2/c1-20-13-4-3-11(9-14(13)21-2)5-7-17-15-12(10-16)6-8-18-19-15/h3-4,6,8-9H,5,7H2,1-2H3,(H,17,19). The highest BCUT2D eigenvalue weighted by atomic mass is 16.5. The molecule has 0 unspecified atom stereocenters.